The molecule has 0 N–H and O–H groups in total. The van der Waals surface area contributed by atoms with Gasteiger partial charge in [-0.3, -0.25) is 0 Å². The van der Waals surface area contributed by atoms with Crippen LogP contribution in [0.2, 0.25) is 0 Å². The fourth-order valence-corrected chi connectivity index (χ4v) is 9.92. The van der Waals surface area contributed by atoms with Crippen molar-refractivity contribution in [1.82, 2.24) is 18.5 Å². The van der Waals surface area contributed by atoms with Crippen molar-refractivity contribution in [3.63, 3.8) is 0 Å². The Kier molecular flexibility index (Phi) is 9.76. The molecule has 6 nitrogen and oxygen atoms in total. The van der Waals surface area contributed by atoms with Crippen LogP contribution in [0.1, 0.15) is 85.8 Å². The molecule has 0 fully saturated rings. The number of pyridine rings is 1. The van der Waals surface area contributed by atoms with Gasteiger partial charge in [0.15, 0.2) is 0 Å². The van der Waals surface area contributed by atoms with Gasteiger partial charge >= 0.3 is 0 Å². The van der Waals surface area contributed by atoms with Crippen LogP contribution in [-0.4, -0.2) is 18.5 Å². The molecule has 0 amide bonds. The van der Waals surface area contributed by atoms with Crippen LogP contribution in [0.15, 0.2) is 185 Å². The second-order valence-corrected chi connectivity index (χ2v) is 20.3. The van der Waals surface area contributed by atoms with Gasteiger partial charge in [-0.15, -0.1) is 29.1 Å². The zero-order valence-electron chi connectivity index (χ0n) is 53.0. The van der Waals surface area contributed by atoms with Gasteiger partial charge in [0, 0.05) is 70.6 Å². The van der Waals surface area contributed by atoms with Gasteiger partial charge in [0.25, 0.3) is 0 Å². The Bertz CT molecular complexity index is 4830. The summed E-state index contributed by atoms with van der Waals surface area (Å²) in [5, 5.41) is 2.69. The summed E-state index contributed by atoms with van der Waals surface area (Å²) in [7, 11) is 0. The third kappa shape index (κ3) is 9.04. The molecule has 0 saturated heterocycles. The van der Waals surface area contributed by atoms with E-state index in [4.69, 9.17) is 22.0 Å². The first-order chi connectivity index (χ1) is 39.7. The van der Waals surface area contributed by atoms with E-state index < -0.39 is 43.0 Å². The first-order valence-electron chi connectivity index (χ1n) is 30.2. The quantitative estimate of drug-likeness (QED) is 0.161. The van der Waals surface area contributed by atoms with E-state index in [9.17, 15) is 6.85 Å². The van der Waals surface area contributed by atoms with Crippen LogP contribution >= 0.6 is 0 Å². The predicted octanol–water partition coefficient (Wildman–Crippen LogP) is 18.0. The van der Waals surface area contributed by atoms with E-state index >= 15 is 0 Å². The zero-order valence-corrected chi connectivity index (χ0v) is 44.3. The average molecular weight is 1160 g/mol. The summed E-state index contributed by atoms with van der Waals surface area (Å²) in [5.41, 5.74) is 7.31. The van der Waals surface area contributed by atoms with E-state index in [-0.39, 0.29) is 72.3 Å². The Labute approximate surface area is 462 Å². The Morgan fingerprint density at radius 3 is 2.18 bits per heavy atom. The van der Waals surface area contributed by atoms with Crippen LogP contribution in [0, 0.1) is 30.8 Å². The van der Waals surface area contributed by atoms with Gasteiger partial charge in [0.05, 0.1) is 5.48 Å². The van der Waals surface area contributed by atoms with Crippen LogP contribution in [0.4, 0.5) is 0 Å². The maximum Gasteiger partial charge on any atom is 0.135 e. The molecule has 372 valence electrons. The first-order valence-corrected chi connectivity index (χ1v) is 24.7. The number of hydrogen-bond donors (Lipinski definition) is 0. The van der Waals surface area contributed by atoms with Gasteiger partial charge in [0.1, 0.15) is 16.8 Å². The number of nitrogens with zero attached hydrogens (tertiary/aromatic N) is 4. The average Bonchev–Trinajstić information content (AvgIpc) is 1.75. The fourth-order valence-electron chi connectivity index (χ4n) is 9.92. The smallest absolute Gasteiger partial charge is 0.135 e. The second kappa shape index (κ2) is 19.4. The van der Waals surface area contributed by atoms with E-state index in [2.05, 4.69) is 43.5 Å². The summed E-state index contributed by atoms with van der Waals surface area (Å²) in [4.78, 5) is 4.83. The summed E-state index contributed by atoms with van der Waals surface area (Å²) in [6.07, 6.45) is -0.168. The number of imidazole rings is 1. The number of hydrogen-bond acceptors (Lipinski definition) is 3. The third-order valence-electron chi connectivity index (χ3n) is 13.2. The molecule has 5 aromatic heterocycles. The number of para-hydroxylation sites is 4. The topological polar surface area (TPSA) is 53.4 Å². The molecule has 0 aliphatic carbocycles. The maximum atomic E-state index is 9.76. The van der Waals surface area contributed by atoms with E-state index in [0.717, 1.165) is 16.9 Å². The van der Waals surface area contributed by atoms with Gasteiger partial charge in [-0.25, -0.2) is 4.98 Å². The summed E-state index contributed by atoms with van der Waals surface area (Å²) in [6, 6.07) is 47.9. The maximum absolute atomic E-state index is 9.76. The van der Waals surface area contributed by atoms with Crippen molar-refractivity contribution in [3.8, 4) is 22.5 Å². The van der Waals surface area contributed by atoms with Crippen molar-refractivity contribution in [2.45, 2.75) is 73.5 Å². The zero-order chi connectivity index (χ0) is 59.7. The van der Waals surface area contributed by atoms with Crippen LogP contribution in [0.25, 0.3) is 105 Å². The van der Waals surface area contributed by atoms with Crippen LogP contribution < -0.4 is 0 Å². The van der Waals surface area contributed by atoms with Crippen molar-refractivity contribution < 1.29 is 45.0 Å². The third-order valence-corrected chi connectivity index (χ3v) is 13.2. The molecule has 10 bridgehead atoms. The minimum Gasteiger partial charge on any atom is -0.510 e. The van der Waals surface area contributed by atoms with Gasteiger partial charge in [-0.05, 0) is 134 Å². The van der Waals surface area contributed by atoms with E-state index in [0.29, 0.717) is 77.0 Å². The Balaban J connectivity index is 0.00000752. The summed E-state index contributed by atoms with van der Waals surface area (Å²) < 4.78 is 120. The standard InChI is InChI=1S/C67H59N4O2.Pt/c1-42(2)30-45-33-48(37-49(34-45)67(6,7)8)57-35-46(31-43(3)4)36-58-56-19-10-14-23-64(56)73-51-26-24-47(25-27-51)59-40-68-65(32-44(59)5)71-60-20-11-9-18-54(60)55-29-28-53(39-63(55)71)72-52-17-15-16-50(38-52)69-41-70(66(57)58)62-22-13-12-21-61(62)69;/h9-29,32-37,40-43H,30-31H2,1-8H3;/q-3;/i5D3,9D,11D,18D,20D,30D2,31D2;. The molecule has 1 aliphatic rings. The number of rotatable bonds is 5. The molecule has 0 atom stereocenters. The van der Waals surface area contributed by atoms with Gasteiger partial charge in [-0.2, -0.15) is 24.3 Å². The van der Waals surface area contributed by atoms with Gasteiger partial charge < -0.3 is 22.4 Å². The van der Waals surface area contributed by atoms with Crippen molar-refractivity contribution in [2.75, 3.05) is 0 Å². The molecule has 0 unspecified atom stereocenters. The number of aryl methyl sites for hydroxylation is 1. The monoisotopic (exact) mass is 1160 g/mol. The first kappa shape index (κ1) is 37.2. The van der Waals surface area contributed by atoms with Crippen LogP contribution in [0.5, 0.6) is 0 Å². The number of fused-ring (bicyclic) bond motifs is 5. The summed E-state index contributed by atoms with van der Waals surface area (Å²) in [6.45, 7) is 11.1. The van der Waals surface area contributed by atoms with Crippen LogP contribution in [0.3, 0.4) is 0 Å². The predicted molar refractivity (Wildman–Crippen MR) is 304 cm³/mol. The summed E-state index contributed by atoms with van der Waals surface area (Å²) in [5.74, 6) is -0.843. The number of benzene rings is 8. The summed E-state index contributed by atoms with van der Waals surface area (Å²) >= 11 is 0. The molecular weight excluding hydrogens is 1090 g/mol. The molecule has 13 aromatic rings. The van der Waals surface area contributed by atoms with E-state index in [1.165, 1.54) is 16.7 Å². The SMILES string of the molecule is [2H]c1c([2H])c([2H])c2c(c1[2H])c1ccc3[c-]c1n2c1cc(C([2H])([2H])[2H])c(cn1)c1ccc(cc1)oc1ccccc1c1cc(C([2H])([2H])C(C)C)cc(-c2cc(C(C)(C)C)cc(C([2H])([2H])C(C)C)c2)c1n1[cH-]n(c2[c-]c(ccc2)o3)-c2ccccc2-1.[Pt]. The van der Waals surface area contributed by atoms with E-state index in [1.807, 2.05) is 124 Å². The Morgan fingerprint density at radius 1 is 0.676 bits per heavy atom. The molecule has 74 heavy (non-hydrogen) atoms. The van der Waals surface area contributed by atoms with Crippen LogP contribution in [-0.2, 0) is 39.2 Å². The van der Waals surface area contributed by atoms with Gasteiger partial charge in [-0.1, -0.05) is 157 Å². The molecule has 14 rings (SSSR count). The van der Waals surface area contributed by atoms with Crippen molar-refractivity contribution in [2.24, 2.45) is 11.8 Å². The number of aromatic nitrogens is 4. The van der Waals surface area contributed by atoms with Gasteiger partial charge in [0.2, 0.25) is 0 Å². The minimum absolute atomic E-state index is 0. The normalized spacial score (nSPS) is 14.7. The second-order valence-electron chi connectivity index (χ2n) is 20.3. The van der Waals surface area contributed by atoms with E-state index in [1.54, 1.807) is 42.5 Å². The largest absolute Gasteiger partial charge is 0.510 e. The molecule has 0 radical (unpaired) electrons. The molecule has 6 heterocycles. The molecule has 8 aromatic carbocycles. The molecular formula is C67H59N4O2Pt-3. The minimum atomic E-state index is -2.68. The fraction of sp³-hybridized carbons (Fsp3) is 0.194. The molecule has 0 spiro atoms. The van der Waals surface area contributed by atoms with Crippen molar-refractivity contribution >= 4 is 82.4 Å². The molecule has 1 aliphatic heterocycles. The Hall–Kier alpha value is -7.53. The van der Waals surface area contributed by atoms with Crippen molar-refractivity contribution in [3.05, 3.63) is 211 Å². The Morgan fingerprint density at radius 2 is 1.41 bits per heavy atom. The molecule has 7 heteroatoms. The molecule has 0 saturated carbocycles. The van der Waals surface area contributed by atoms with Crippen molar-refractivity contribution in [1.29, 1.82) is 0 Å².